The van der Waals surface area contributed by atoms with E-state index in [2.05, 4.69) is 67.7 Å². The van der Waals surface area contributed by atoms with Gasteiger partial charge in [0, 0.05) is 6.61 Å². The van der Waals surface area contributed by atoms with Crippen molar-refractivity contribution in [2.24, 2.45) is 0 Å². The first-order valence-electron chi connectivity index (χ1n) is 9.33. The number of hydrogen-bond acceptors (Lipinski definition) is 1. The zero-order chi connectivity index (χ0) is 17.4. The third kappa shape index (κ3) is 2.84. The van der Waals surface area contributed by atoms with Gasteiger partial charge in [-0.1, -0.05) is 79.0 Å². The highest BCUT2D eigenvalue weighted by atomic mass is 28.3. The third-order valence-corrected chi connectivity index (χ3v) is 9.33. The van der Waals surface area contributed by atoms with Crippen LogP contribution in [0.25, 0.3) is 16.7 Å². The van der Waals surface area contributed by atoms with Crippen LogP contribution >= 0.6 is 0 Å². The lowest BCUT2D eigenvalue weighted by Gasteiger charge is -2.26. The van der Waals surface area contributed by atoms with E-state index < -0.39 is 8.07 Å². The first-order valence-corrected chi connectivity index (χ1v) is 12.5. The average molecular weight is 347 g/mol. The normalized spacial score (nSPS) is 15.6. The summed E-state index contributed by atoms with van der Waals surface area (Å²) < 4.78 is 0. The first kappa shape index (κ1) is 16.6. The van der Waals surface area contributed by atoms with Crippen molar-refractivity contribution < 1.29 is 5.11 Å². The van der Waals surface area contributed by atoms with Crippen LogP contribution in [0.3, 0.4) is 0 Å². The van der Waals surface area contributed by atoms with E-state index in [9.17, 15) is 5.11 Å². The number of rotatable bonds is 5. The molecule has 0 saturated heterocycles. The molecule has 0 unspecified atom stereocenters. The van der Waals surface area contributed by atoms with Crippen LogP contribution in [0.15, 0.2) is 59.8 Å². The van der Waals surface area contributed by atoms with Crippen LogP contribution in [0.1, 0.15) is 29.5 Å². The van der Waals surface area contributed by atoms with Crippen molar-refractivity contribution in [3.8, 4) is 11.1 Å². The molecule has 2 aliphatic rings. The molecule has 128 valence electrons. The molecule has 2 aliphatic carbocycles. The van der Waals surface area contributed by atoms with E-state index in [-0.39, 0.29) is 0 Å². The molecule has 2 heteroatoms. The van der Waals surface area contributed by atoms with Gasteiger partial charge >= 0.3 is 0 Å². The Kier molecular flexibility index (Phi) is 4.26. The fourth-order valence-electron chi connectivity index (χ4n) is 4.49. The van der Waals surface area contributed by atoms with Crippen molar-refractivity contribution in [3.63, 3.8) is 0 Å². The van der Waals surface area contributed by atoms with E-state index in [1.165, 1.54) is 27.8 Å². The molecule has 0 fully saturated rings. The lowest BCUT2D eigenvalue weighted by Crippen LogP contribution is -2.28. The molecule has 0 amide bonds. The highest BCUT2D eigenvalue weighted by Gasteiger charge is 2.30. The molecule has 1 N–H and O–H groups in total. The summed E-state index contributed by atoms with van der Waals surface area (Å²) in [6.07, 6.45) is 7.73. The Morgan fingerprint density at radius 3 is 2.56 bits per heavy atom. The Morgan fingerprint density at radius 1 is 0.960 bits per heavy atom. The SMILES string of the molecule is C[Si](C)(CCCO)C1=C(c2cccc3c2Cc2ccccc2-3)CC=C1. The summed E-state index contributed by atoms with van der Waals surface area (Å²) in [6.45, 7) is 5.20. The van der Waals surface area contributed by atoms with Gasteiger partial charge in [0.1, 0.15) is 0 Å². The maximum atomic E-state index is 9.27. The summed E-state index contributed by atoms with van der Waals surface area (Å²) in [6, 6.07) is 16.8. The van der Waals surface area contributed by atoms with Gasteiger partial charge in [-0.05, 0) is 52.7 Å². The molecule has 0 aromatic heterocycles. The fourth-order valence-corrected chi connectivity index (χ4v) is 7.42. The molecule has 25 heavy (non-hydrogen) atoms. The minimum atomic E-state index is -1.52. The van der Waals surface area contributed by atoms with Crippen LogP contribution in [-0.4, -0.2) is 19.8 Å². The summed E-state index contributed by atoms with van der Waals surface area (Å²) in [5.74, 6) is 0. The molecule has 1 nitrogen and oxygen atoms in total. The number of benzene rings is 2. The molecule has 4 rings (SSSR count). The minimum absolute atomic E-state index is 0.304. The van der Waals surface area contributed by atoms with Crippen molar-refractivity contribution in [3.05, 3.63) is 76.5 Å². The summed E-state index contributed by atoms with van der Waals surface area (Å²) in [5, 5.41) is 10.9. The fraction of sp³-hybridized carbons (Fsp3) is 0.304. The van der Waals surface area contributed by atoms with Crippen LogP contribution < -0.4 is 0 Å². The van der Waals surface area contributed by atoms with Gasteiger partial charge in [-0.3, -0.25) is 0 Å². The van der Waals surface area contributed by atoms with Crippen molar-refractivity contribution >= 4 is 13.6 Å². The van der Waals surface area contributed by atoms with E-state index in [0.29, 0.717) is 6.61 Å². The van der Waals surface area contributed by atoms with Crippen LogP contribution in [-0.2, 0) is 6.42 Å². The molecule has 0 bridgehead atoms. The third-order valence-electron chi connectivity index (χ3n) is 5.80. The number of allylic oxidation sites excluding steroid dienone is 4. The van der Waals surface area contributed by atoms with E-state index in [0.717, 1.165) is 25.3 Å². The van der Waals surface area contributed by atoms with Gasteiger partial charge in [0.2, 0.25) is 0 Å². The van der Waals surface area contributed by atoms with E-state index in [4.69, 9.17) is 0 Å². The highest BCUT2D eigenvalue weighted by Crippen LogP contribution is 2.44. The minimum Gasteiger partial charge on any atom is -0.396 e. The molecular weight excluding hydrogens is 320 g/mol. The van der Waals surface area contributed by atoms with Crippen molar-refractivity contribution in [2.45, 2.75) is 38.4 Å². The van der Waals surface area contributed by atoms with Gasteiger partial charge in [-0.25, -0.2) is 0 Å². The zero-order valence-corrected chi connectivity index (χ0v) is 16.2. The molecule has 0 spiro atoms. The lowest BCUT2D eigenvalue weighted by atomic mass is 9.95. The molecule has 0 atom stereocenters. The summed E-state index contributed by atoms with van der Waals surface area (Å²) in [7, 11) is -1.52. The highest BCUT2D eigenvalue weighted by molar-refractivity contribution is 6.86. The maximum absolute atomic E-state index is 9.27. The Balaban J connectivity index is 1.80. The van der Waals surface area contributed by atoms with Crippen molar-refractivity contribution in [1.82, 2.24) is 0 Å². The molecule has 2 aromatic carbocycles. The first-order chi connectivity index (χ1) is 12.1. The van der Waals surface area contributed by atoms with Gasteiger partial charge in [-0.15, -0.1) is 0 Å². The molecule has 0 aliphatic heterocycles. The van der Waals surface area contributed by atoms with Crippen LogP contribution in [0.4, 0.5) is 0 Å². The smallest absolute Gasteiger partial charge is 0.0811 e. The number of hydrogen-bond donors (Lipinski definition) is 1. The van der Waals surface area contributed by atoms with E-state index >= 15 is 0 Å². The summed E-state index contributed by atoms with van der Waals surface area (Å²) >= 11 is 0. The monoisotopic (exact) mass is 346 g/mol. The molecule has 2 aromatic rings. The Labute approximate surface area is 151 Å². The van der Waals surface area contributed by atoms with Crippen LogP contribution in [0, 0.1) is 0 Å². The van der Waals surface area contributed by atoms with Gasteiger partial charge in [0.05, 0.1) is 8.07 Å². The van der Waals surface area contributed by atoms with Crippen LogP contribution in [0.2, 0.25) is 19.1 Å². The van der Waals surface area contributed by atoms with Gasteiger partial charge in [-0.2, -0.15) is 0 Å². The van der Waals surface area contributed by atoms with Crippen LogP contribution in [0.5, 0.6) is 0 Å². The molecule has 0 heterocycles. The second kappa shape index (κ2) is 6.43. The Bertz CT molecular complexity index is 873. The van der Waals surface area contributed by atoms with Crippen molar-refractivity contribution in [2.75, 3.05) is 6.61 Å². The number of fused-ring (bicyclic) bond motifs is 3. The van der Waals surface area contributed by atoms with E-state index in [1.54, 1.807) is 10.8 Å². The topological polar surface area (TPSA) is 20.2 Å². The second-order valence-electron chi connectivity index (χ2n) is 7.88. The maximum Gasteiger partial charge on any atom is 0.0811 e. The van der Waals surface area contributed by atoms with Gasteiger partial charge < -0.3 is 5.11 Å². The molecule has 0 saturated carbocycles. The predicted molar refractivity (Wildman–Crippen MR) is 109 cm³/mol. The second-order valence-corrected chi connectivity index (χ2v) is 12.7. The van der Waals surface area contributed by atoms with Gasteiger partial charge in [0.25, 0.3) is 0 Å². The predicted octanol–water partition coefficient (Wildman–Crippen LogP) is 5.60. The largest absolute Gasteiger partial charge is 0.396 e. The Morgan fingerprint density at radius 2 is 1.72 bits per heavy atom. The van der Waals surface area contributed by atoms with Gasteiger partial charge in [0.15, 0.2) is 0 Å². The zero-order valence-electron chi connectivity index (χ0n) is 15.2. The van der Waals surface area contributed by atoms with E-state index in [1.807, 2.05) is 0 Å². The Hall–Kier alpha value is -1.90. The summed E-state index contributed by atoms with van der Waals surface area (Å²) in [4.78, 5) is 0. The molecular formula is C23H26OSi. The standard InChI is InChI=1S/C23H26OSi/c1-25(2,15-7-14-24)23-13-6-12-21(23)20-11-5-10-19-18-9-4-3-8-17(18)16-22(19)20/h3-6,8-11,13,24H,7,12,14-16H2,1-2H3. The number of aliphatic hydroxyl groups is 1. The quantitative estimate of drug-likeness (QED) is 0.596. The van der Waals surface area contributed by atoms with Crippen molar-refractivity contribution in [1.29, 1.82) is 0 Å². The average Bonchev–Trinajstić information content (AvgIpc) is 3.25. The summed E-state index contributed by atoms with van der Waals surface area (Å²) in [5.41, 5.74) is 8.78. The number of aliphatic hydroxyl groups excluding tert-OH is 1. The lowest BCUT2D eigenvalue weighted by molar-refractivity contribution is 0.294. The molecule has 0 radical (unpaired) electrons.